The highest BCUT2D eigenvalue weighted by molar-refractivity contribution is 6.45. The molecule has 0 spiro atoms. The number of anilines is 1. The zero-order chi connectivity index (χ0) is 21.1. The summed E-state index contributed by atoms with van der Waals surface area (Å²) in [5.41, 5.74) is -0.00847. The van der Waals surface area contributed by atoms with Gasteiger partial charge >= 0.3 is 17.8 Å². The van der Waals surface area contributed by atoms with Gasteiger partial charge in [-0.05, 0) is 25.0 Å². The average Bonchev–Trinajstić information content (AvgIpc) is 3.27. The highest BCUT2D eigenvalue weighted by atomic mass is 19.2. The molecule has 0 aromatic heterocycles. The van der Waals surface area contributed by atoms with E-state index in [1.807, 2.05) is 0 Å². The number of hydrogen-bond acceptors (Lipinski definition) is 5. The highest BCUT2D eigenvalue weighted by Gasteiger charge is 2.48. The van der Waals surface area contributed by atoms with Crippen molar-refractivity contribution in [1.82, 2.24) is 15.1 Å². The largest absolute Gasteiger partial charge is 0.345 e. The van der Waals surface area contributed by atoms with E-state index in [4.69, 9.17) is 0 Å². The number of carbonyl (C=O) groups excluding carboxylic acids is 5. The molecular formula is C18H18F2N4O5. The molecule has 1 saturated heterocycles. The quantitative estimate of drug-likeness (QED) is 0.532. The number of rotatable bonds is 6. The maximum absolute atomic E-state index is 13.1. The fourth-order valence-electron chi connectivity index (χ4n) is 3.30. The molecule has 1 aliphatic heterocycles. The summed E-state index contributed by atoms with van der Waals surface area (Å²) >= 11 is 0. The molecular weight excluding hydrogens is 390 g/mol. The van der Waals surface area contributed by atoms with Crippen molar-refractivity contribution in [2.75, 3.05) is 18.4 Å². The van der Waals surface area contributed by atoms with E-state index in [0.717, 1.165) is 35.9 Å². The van der Waals surface area contributed by atoms with Gasteiger partial charge in [-0.3, -0.25) is 24.1 Å². The molecule has 1 aromatic rings. The summed E-state index contributed by atoms with van der Waals surface area (Å²) in [6, 6.07) is 1.58. The van der Waals surface area contributed by atoms with E-state index in [-0.39, 0.29) is 11.7 Å². The molecule has 3 rings (SSSR count). The number of halogens is 2. The Hall–Kier alpha value is -3.37. The third kappa shape index (κ3) is 4.39. The van der Waals surface area contributed by atoms with Crippen LogP contribution in [0.3, 0.4) is 0 Å². The van der Waals surface area contributed by atoms with Crippen LogP contribution in [0, 0.1) is 11.6 Å². The Bertz CT molecular complexity index is 885. The van der Waals surface area contributed by atoms with Crippen molar-refractivity contribution in [3.05, 3.63) is 29.8 Å². The Balaban J connectivity index is 1.51. The first kappa shape index (κ1) is 20.4. The van der Waals surface area contributed by atoms with Crippen LogP contribution in [0.4, 0.5) is 19.3 Å². The number of nitrogens with one attached hydrogen (secondary N) is 2. The van der Waals surface area contributed by atoms with Gasteiger partial charge in [0.05, 0.1) is 6.54 Å². The van der Waals surface area contributed by atoms with E-state index in [2.05, 4.69) is 10.6 Å². The van der Waals surface area contributed by atoms with Crippen molar-refractivity contribution in [2.45, 2.75) is 31.7 Å². The molecule has 0 atom stereocenters. The fourth-order valence-corrected chi connectivity index (χ4v) is 3.30. The molecule has 11 heteroatoms. The summed E-state index contributed by atoms with van der Waals surface area (Å²) < 4.78 is 26.0. The van der Waals surface area contributed by atoms with Crippen LogP contribution >= 0.6 is 0 Å². The summed E-state index contributed by atoms with van der Waals surface area (Å²) in [5.74, 6) is -5.80. The maximum atomic E-state index is 13.1. The van der Waals surface area contributed by atoms with E-state index >= 15 is 0 Å². The second-order valence-corrected chi connectivity index (χ2v) is 6.74. The first-order valence-corrected chi connectivity index (χ1v) is 8.98. The van der Waals surface area contributed by atoms with Gasteiger partial charge < -0.3 is 10.6 Å². The molecule has 29 heavy (non-hydrogen) atoms. The molecule has 1 aromatic carbocycles. The minimum absolute atomic E-state index is 0.00847. The standard InChI is InChI=1S/C18H18F2N4O5/c19-12-6-5-10(7-13(12)20)22-14(25)8-21-15(26)9-23-16(27)17(28)24(18(23)29)11-3-1-2-4-11/h5-7,11H,1-4,8-9H2,(H,21,26)(H,22,25). The van der Waals surface area contributed by atoms with Gasteiger partial charge in [0.25, 0.3) is 0 Å². The van der Waals surface area contributed by atoms with E-state index in [9.17, 15) is 32.8 Å². The second kappa shape index (κ2) is 8.33. The number of nitrogens with zero attached hydrogens (tertiary/aromatic N) is 2. The molecule has 0 bridgehead atoms. The Labute approximate surface area is 164 Å². The Morgan fingerprint density at radius 3 is 2.34 bits per heavy atom. The van der Waals surface area contributed by atoms with Crippen molar-refractivity contribution in [3.63, 3.8) is 0 Å². The van der Waals surface area contributed by atoms with Gasteiger partial charge in [0.15, 0.2) is 11.6 Å². The lowest BCUT2D eigenvalue weighted by Gasteiger charge is -2.20. The number of hydrogen-bond donors (Lipinski definition) is 2. The van der Waals surface area contributed by atoms with Crippen LogP contribution in [0.1, 0.15) is 25.7 Å². The summed E-state index contributed by atoms with van der Waals surface area (Å²) in [6.07, 6.45) is 2.94. The zero-order valence-electron chi connectivity index (χ0n) is 15.2. The monoisotopic (exact) mass is 408 g/mol. The zero-order valence-corrected chi connectivity index (χ0v) is 15.2. The summed E-state index contributed by atoms with van der Waals surface area (Å²) in [6.45, 7) is -1.24. The van der Waals surface area contributed by atoms with Crippen molar-refractivity contribution >= 4 is 35.3 Å². The van der Waals surface area contributed by atoms with E-state index < -0.39 is 54.4 Å². The molecule has 1 saturated carbocycles. The van der Waals surface area contributed by atoms with Crippen molar-refractivity contribution in [1.29, 1.82) is 0 Å². The third-order valence-electron chi connectivity index (χ3n) is 4.72. The van der Waals surface area contributed by atoms with E-state index in [0.29, 0.717) is 17.7 Å². The SMILES string of the molecule is O=C(CN1C(=O)C(=O)N(C2CCCC2)C1=O)NCC(=O)Nc1ccc(F)c(F)c1. The van der Waals surface area contributed by atoms with Gasteiger partial charge in [-0.25, -0.2) is 18.5 Å². The minimum atomic E-state index is -1.14. The molecule has 0 radical (unpaired) electrons. The lowest BCUT2D eigenvalue weighted by molar-refractivity contribution is -0.144. The van der Waals surface area contributed by atoms with Gasteiger partial charge in [0, 0.05) is 17.8 Å². The van der Waals surface area contributed by atoms with Crippen molar-refractivity contribution in [2.24, 2.45) is 0 Å². The Morgan fingerprint density at radius 2 is 1.69 bits per heavy atom. The maximum Gasteiger partial charge on any atom is 0.334 e. The van der Waals surface area contributed by atoms with Gasteiger partial charge in [0.2, 0.25) is 11.8 Å². The van der Waals surface area contributed by atoms with Gasteiger partial charge in [-0.2, -0.15) is 0 Å². The molecule has 0 unspecified atom stereocenters. The first-order valence-electron chi connectivity index (χ1n) is 8.98. The van der Waals surface area contributed by atoms with Crippen molar-refractivity contribution in [3.8, 4) is 0 Å². The van der Waals surface area contributed by atoms with Gasteiger partial charge in [-0.1, -0.05) is 12.8 Å². The first-order chi connectivity index (χ1) is 13.8. The molecule has 9 nitrogen and oxygen atoms in total. The van der Waals surface area contributed by atoms with Gasteiger partial charge in [-0.15, -0.1) is 0 Å². The number of benzene rings is 1. The number of carbonyl (C=O) groups is 5. The van der Waals surface area contributed by atoms with Crippen LogP contribution in [0.15, 0.2) is 18.2 Å². The number of amides is 6. The van der Waals surface area contributed by atoms with Gasteiger partial charge in [0.1, 0.15) is 6.54 Å². The average molecular weight is 408 g/mol. The minimum Gasteiger partial charge on any atom is -0.345 e. The Kier molecular flexibility index (Phi) is 5.85. The predicted molar refractivity (Wildman–Crippen MR) is 94.2 cm³/mol. The predicted octanol–water partition coefficient (Wildman–Crippen LogP) is 0.753. The van der Waals surface area contributed by atoms with E-state index in [1.54, 1.807) is 0 Å². The normalized spacial score (nSPS) is 17.2. The second-order valence-electron chi connectivity index (χ2n) is 6.74. The third-order valence-corrected chi connectivity index (χ3v) is 4.72. The molecule has 2 aliphatic rings. The summed E-state index contributed by atoms with van der Waals surface area (Å²) in [5, 5.41) is 4.46. The van der Waals surface area contributed by atoms with Crippen molar-refractivity contribution < 1.29 is 32.8 Å². The van der Waals surface area contributed by atoms with Crippen LogP contribution < -0.4 is 10.6 Å². The molecule has 154 valence electrons. The summed E-state index contributed by atoms with van der Waals surface area (Å²) in [7, 11) is 0. The lowest BCUT2D eigenvalue weighted by Crippen LogP contribution is -2.44. The fraction of sp³-hybridized carbons (Fsp3) is 0.389. The van der Waals surface area contributed by atoms with Crippen LogP contribution in [-0.4, -0.2) is 58.6 Å². The van der Waals surface area contributed by atoms with Crippen LogP contribution in [0.25, 0.3) is 0 Å². The smallest absolute Gasteiger partial charge is 0.334 e. The molecule has 6 amide bonds. The molecule has 1 heterocycles. The topological polar surface area (TPSA) is 116 Å². The lowest BCUT2D eigenvalue weighted by atomic mass is 10.2. The van der Waals surface area contributed by atoms with Crippen LogP contribution in [0.5, 0.6) is 0 Å². The number of urea groups is 1. The molecule has 2 N–H and O–H groups in total. The highest BCUT2D eigenvalue weighted by Crippen LogP contribution is 2.27. The van der Waals surface area contributed by atoms with Crippen LogP contribution in [-0.2, 0) is 19.2 Å². The Morgan fingerprint density at radius 1 is 1.00 bits per heavy atom. The summed E-state index contributed by atoms with van der Waals surface area (Å²) in [4.78, 5) is 61.7. The van der Waals surface area contributed by atoms with E-state index in [1.165, 1.54) is 0 Å². The van der Waals surface area contributed by atoms with Crippen LogP contribution in [0.2, 0.25) is 0 Å². The number of imide groups is 2. The molecule has 2 fully saturated rings. The molecule has 1 aliphatic carbocycles.